The molecule has 1 aliphatic heterocycles. The lowest BCUT2D eigenvalue weighted by molar-refractivity contribution is 0.0641. The second-order valence-electron chi connectivity index (χ2n) is 5.34. The monoisotopic (exact) mass is 307 g/mol. The minimum Gasteiger partial charge on any atom is -0.459 e. The number of hydrogen-bond acceptors (Lipinski definition) is 3. The van der Waals surface area contributed by atoms with Crippen molar-refractivity contribution in [3.05, 3.63) is 41.1 Å². The Morgan fingerprint density at radius 3 is 2.95 bits per heavy atom. The van der Waals surface area contributed by atoms with Crippen LogP contribution in [0.5, 0.6) is 0 Å². The molecular weight excluding hydrogens is 290 g/mol. The topological polar surface area (TPSA) is 51.3 Å². The zero-order valence-corrected chi connectivity index (χ0v) is 12.7. The lowest BCUT2D eigenvalue weighted by atomic mass is 10.1. The summed E-state index contributed by atoms with van der Waals surface area (Å²) in [5.41, 5.74) is 0.901. The Kier molecular flexibility index (Phi) is 4.01. The molecule has 2 aromatic heterocycles. The molecule has 3 rings (SSSR count). The number of nitrogens with zero attached hydrogens (tertiary/aromatic N) is 3. The predicted octanol–water partition coefficient (Wildman–Crippen LogP) is 3.42. The lowest BCUT2D eigenvalue weighted by Crippen LogP contribution is -2.35. The number of hydrogen-bond donors (Lipinski definition) is 0. The highest BCUT2D eigenvalue weighted by atomic mass is 35.5. The van der Waals surface area contributed by atoms with Crippen LogP contribution in [-0.4, -0.2) is 27.1 Å². The van der Waals surface area contributed by atoms with Gasteiger partial charge in [-0.3, -0.25) is 9.48 Å². The SMILES string of the molecule is Cn1ncc(Cl)c1[C@@H]1CCCCCN1C(=O)c1ccco1. The first-order valence-corrected chi connectivity index (χ1v) is 7.58. The standard InChI is InChI=1S/C15H18ClN3O2/c1-18-14(11(16)10-17-18)12-6-3-2-4-8-19(12)15(20)13-7-5-9-21-13/h5,7,9-10,12H,2-4,6,8H2,1H3/t12-/m0/s1. The summed E-state index contributed by atoms with van der Waals surface area (Å²) in [6.45, 7) is 0.714. The second-order valence-corrected chi connectivity index (χ2v) is 5.75. The third-order valence-corrected chi connectivity index (χ3v) is 4.29. The quantitative estimate of drug-likeness (QED) is 0.854. The number of carbonyl (C=O) groups excluding carboxylic acids is 1. The summed E-state index contributed by atoms with van der Waals surface area (Å²) in [5, 5.41) is 4.81. The maximum Gasteiger partial charge on any atom is 0.290 e. The summed E-state index contributed by atoms with van der Waals surface area (Å²) in [6, 6.07) is 3.39. The van der Waals surface area contributed by atoms with Crippen LogP contribution in [-0.2, 0) is 7.05 Å². The fourth-order valence-electron chi connectivity index (χ4n) is 2.97. The van der Waals surface area contributed by atoms with Crippen LogP contribution in [0.25, 0.3) is 0 Å². The smallest absolute Gasteiger partial charge is 0.290 e. The van der Waals surface area contributed by atoms with E-state index in [0.29, 0.717) is 17.3 Å². The van der Waals surface area contributed by atoms with Crippen molar-refractivity contribution >= 4 is 17.5 Å². The molecule has 6 heteroatoms. The number of aryl methyl sites for hydroxylation is 1. The van der Waals surface area contributed by atoms with Gasteiger partial charge in [0.1, 0.15) is 0 Å². The number of rotatable bonds is 2. The van der Waals surface area contributed by atoms with Crippen molar-refractivity contribution in [3.63, 3.8) is 0 Å². The molecule has 1 atom stereocenters. The Morgan fingerprint density at radius 2 is 2.29 bits per heavy atom. The first kappa shape index (κ1) is 14.2. The number of furan rings is 1. The molecule has 3 heterocycles. The predicted molar refractivity (Wildman–Crippen MR) is 79.2 cm³/mol. The highest BCUT2D eigenvalue weighted by molar-refractivity contribution is 6.31. The summed E-state index contributed by atoms with van der Waals surface area (Å²) in [4.78, 5) is 14.6. The molecule has 1 saturated heterocycles. The van der Waals surface area contributed by atoms with Gasteiger partial charge >= 0.3 is 0 Å². The van der Waals surface area contributed by atoms with Gasteiger partial charge < -0.3 is 9.32 Å². The van der Waals surface area contributed by atoms with Crippen LogP contribution in [0.15, 0.2) is 29.0 Å². The average molecular weight is 308 g/mol. The van der Waals surface area contributed by atoms with Crippen molar-refractivity contribution < 1.29 is 9.21 Å². The van der Waals surface area contributed by atoms with Crippen molar-refractivity contribution in [1.82, 2.24) is 14.7 Å². The van der Waals surface area contributed by atoms with Gasteiger partial charge in [0.15, 0.2) is 5.76 Å². The van der Waals surface area contributed by atoms with Crippen molar-refractivity contribution in [2.75, 3.05) is 6.54 Å². The van der Waals surface area contributed by atoms with Gasteiger partial charge in [0, 0.05) is 13.6 Å². The second kappa shape index (κ2) is 5.93. The van der Waals surface area contributed by atoms with E-state index in [0.717, 1.165) is 31.4 Å². The molecule has 5 nitrogen and oxygen atoms in total. The zero-order valence-electron chi connectivity index (χ0n) is 12.0. The molecule has 21 heavy (non-hydrogen) atoms. The molecule has 0 aromatic carbocycles. The van der Waals surface area contributed by atoms with Gasteiger partial charge in [-0.05, 0) is 25.0 Å². The zero-order chi connectivity index (χ0) is 14.8. The molecule has 0 spiro atoms. The maximum absolute atomic E-state index is 12.7. The van der Waals surface area contributed by atoms with Crippen LogP contribution in [0.4, 0.5) is 0 Å². The molecule has 2 aromatic rings. The molecular formula is C15H18ClN3O2. The molecule has 112 valence electrons. The van der Waals surface area contributed by atoms with Crippen LogP contribution in [0, 0.1) is 0 Å². The van der Waals surface area contributed by atoms with Crippen LogP contribution in [0.3, 0.4) is 0 Å². The minimum atomic E-state index is -0.0795. The van der Waals surface area contributed by atoms with Gasteiger partial charge in [0.25, 0.3) is 5.91 Å². The summed E-state index contributed by atoms with van der Waals surface area (Å²) in [7, 11) is 1.86. The Morgan fingerprint density at radius 1 is 1.43 bits per heavy atom. The summed E-state index contributed by atoms with van der Waals surface area (Å²) in [6.07, 6.45) is 7.25. The molecule has 0 bridgehead atoms. The van der Waals surface area contributed by atoms with Crippen molar-refractivity contribution in [2.24, 2.45) is 7.05 Å². The molecule has 0 aliphatic carbocycles. The van der Waals surface area contributed by atoms with E-state index in [2.05, 4.69) is 5.10 Å². The largest absolute Gasteiger partial charge is 0.459 e. The van der Waals surface area contributed by atoms with E-state index >= 15 is 0 Å². The maximum atomic E-state index is 12.7. The van der Waals surface area contributed by atoms with Crippen LogP contribution in [0.2, 0.25) is 5.02 Å². The van der Waals surface area contributed by atoms with Crippen molar-refractivity contribution in [1.29, 1.82) is 0 Å². The van der Waals surface area contributed by atoms with Gasteiger partial charge in [-0.15, -0.1) is 0 Å². The van der Waals surface area contributed by atoms with Gasteiger partial charge in [0.2, 0.25) is 0 Å². The molecule has 1 amide bonds. The van der Waals surface area contributed by atoms with Crippen molar-refractivity contribution in [2.45, 2.75) is 31.7 Å². The third-order valence-electron chi connectivity index (χ3n) is 4.00. The van der Waals surface area contributed by atoms with Gasteiger partial charge in [0.05, 0.1) is 29.2 Å². The molecule has 1 aliphatic rings. The number of aromatic nitrogens is 2. The van der Waals surface area contributed by atoms with Gasteiger partial charge in [-0.1, -0.05) is 24.4 Å². The Balaban J connectivity index is 1.96. The summed E-state index contributed by atoms with van der Waals surface area (Å²) < 4.78 is 7.03. The van der Waals surface area contributed by atoms with E-state index in [9.17, 15) is 4.79 Å². The summed E-state index contributed by atoms with van der Waals surface area (Å²) >= 11 is 6.28. The highest BCUT2D eigenvalue weighted by Gasteiger charge is 2.32. The fourth-order valence-corrected chi connectivity index (χ4v) is 3.26. The molecule has 0 radical (unpaired) electrons. The van der Waals surface area contributed by atoms with Crippen molar-refractivity contribution in [3.8, 4) is 0 Å². The Hall–Kier alpha value is -1.75. The van der Waals surface area contributed by atoms with Crippen LogP contribution in [0.1, 0.15) is 48.0 Å². The van der Waals surface area contributed by atoms with E-state index in [1.54, 1.807) is 23.0 Å². The Bertz CT molecular complexity index is 601. The van der Waals surface area contributed by atoms with E-state index < -0.39 is 0 Å². The number of carbonyl (C=O) groups is 1. The van der Waals surface area contributed by atoms with Crippen LogP contribution >= 0.6 is 11.6 Å². The van der Waals surface area contributed by atoms with Crippen LogP contribution < -0.4 is 0 Å². The third kappa shape index (κ3) is 2.70. The van der Waals surface area contributed by atoms with E-state index in [4.69, 9.17) is 16.0 Å². The average Bonchev–Trinajstić information content (AvgIpc) is 3.04. The van der Waals surface area contributed by atoms with Gasteiger partial charge in [-0.25, -0.2) is 0 Å². The fraction of sp³-hybridized carbons (Fsp3) is 0.467. The number of amides is 1. The van der Waals surface area contributed by atoms with E-state index in [1.807, 2.05) is 11.9 Å². The molecule has 0 saturated carbocycles. The lowest BCUT2D eigenvalue weighted by Gasteiger charge is -2.29. The summed E-state index contributed by atoms with van der Waals surface area (Å²) in [5.74, 6) is 0.296. The molecule has 0 N–H and O–H groups in total. The first-order chi connectivity index (χ1) is 10.2. The normalized spacial score (nSPS) is 19.5. The minimum absolute atomic E-state index is 0.0508. The first-order valence-electron chi connectivity index (χ1n) is 7.20. The Labute approximate surface area is 128 Å². The molecule has 0 unspecified atom stereocenters. The number of likely N-dealkylation sites (tertiary alicyclic amines) is 1. The van der Waals surface area contributed by atoms with Gasteiger partial charge in [-0.2, -0.15) is 5.10 Å². The highest BCUT2D eigenvalue weighted by Crippen LogP contribution is 2.34. The van der Waals surface area contributed by atoms with E-state index in [-0.39, 0.29) is 11.9 Å². The number of halogens is 1. The van der Waals surface area contributed by atoms with E-state index in [1.165, 1.54) is 6.26 Å². The molecule has 1 fully saturated rings.